The third kappa shape index (κ3) is 16.1. The van der Waals surface area contributed by atoms with Crippen molar-refractivity contribution in [1.82, 2.24) is 4.90 Å². The van der Waals surface area contributed by atoms with Gasteiger partial charge in [-0.05, 0) is 107 Å². The molecule has 1 aliphatic carbocycles. The number of piperidine rings is 1. The first-order valence-electron chi connectivity index (χ1n) is 23.3. The van der Waals surface area contributed by atoms with Crippen LogP contribution in [0.15, 0.2) is 47.6 Å². The zero-order valence-electron chi connectivity index (χ0n) is 39.2. The summed E-state index contributed by atoms with van der Waals surface area (Å²) in [5.41, 5.74) is 1.54. The highest BCUT2D eigenvalue weighted by molar-refractivity contribution is 6.39. The van der Waals surface area contributed by atoms with Gasteiger partial charge in [0.15, 0.2) is 0 Å². The molecule has 62 heavy (non-hydrogen) atoms. The fraction of sp³-hybridized carbons (Fsp3) is 0.740. The first-order chi connectivity index (χ1) is 29.3. The van der Waals surface area contributed by atoms with E-state index in [1.165, 1.54) is 12.8 Å². The predicted molar refractivity (Wildman–Crippen MR) is 240 cm³/mol. The number of rotatable bonds is 24. The second-order valence-electron chi connectivity index (χ2n) is 19.0. The molecule has 350 valence electrons. The number of likely N-dealkylation sites (tertiary alicyclic amines) is 1. The molecule has 0 bridgehead atoms. The van der Waals surface area contributed by atoms with Gasteiger partial charge in [-0.1, -0.05) is 83.9 Å². The summed E-state index contributed by atoms with van der Waals surface area (Å²) in [6.45, 7) is 13.5. The number of hydrogen-bond donors (Lipinski definition) is 3. The number of carboxylic acids is 1. The number of Topliss-reactive ketones (excluding diaryl/α,β-unsaturated/α-hetero) is 3. The number of methoxy groups -OCH3 is 2. The van der Waals surface area contributed by atoms with Crippen LogP contribution in [0.2, 0.25) is 0 Å². The number of ketones is 3. The number of aliphatic hydroxyl groups excluding tert-OH is 1. The number of aliphatic carboxylic acids is 1. The highest BCUT2D eigenvalue weighted by Crippen LogP contribution is 2.37. The van der Waals surface area contributed by atoms with Crippen LogP contribution in [0.4, 0.5) is 0 Å². The lowest BCUT2D eigenvalue weighted by molar-refractivity contribution is -0.265. The molecule has 3 N–H and O–H groups in total. The number of amides is 1. The van der Waals surface area contributed by atoms with Gasteiger partial charge < -0.3 is 34.4 Å². The molecule has 1 amide bonds. The van der Waals surface area contributed by atoms with E-state index in [9.17, 15) is 39.3 Å². The van der Waals surface area contributed by atoms with E-state index in [1.807, 2.05) is 64.2 Å². The van der Waals surface area contributed by atoms with Crippen LogP contribution in [0, 0.1) is 35.5 Å². The highest BCUT2D eigenvalue weighted by atomic mass is 16.6. The van der Waals surface area contributed by atoms with Crippen molar-refractivity contribution in [2.24, 2.45) is 35.5 Å². The van der Waals surface area contributed by atoms with Crippen molar-refractivity contribution in [2.75, 3.05) is 20.8 Å². The molecule has 12 atom stereocenters. The van der Waals surface area contributed by atoms with Crippen molar-refractivity contribution >= 4 is 29.2 Å². The van der Waals surface area contributed by atoms with Crippen molar-refractivity contribution in [3.63, 3.8) is 0 Å². The van der Waals surface area contributed by atoms with Gasteiger partial charge in [0.05, 0.1) is 24.4 Å². The first-order valence-corrected chi connectivity index (χ1v) is 23.3. The average molecular weight is 870 g/mol. The highest BCUT2D eigenvalue weighted by Gasteiger charge is 2.52. The van der Waals surface area contributed by atoms with Crippen LogP contribution in [0.1, 0.15) is 145 Å². The van der Waals surface area contributed by atoms with Gasteiger partial charge in [-0.25, -0.2) is 4.79 Å². The van der Waals surface area contributed by atoms with E-state index < -0.39 is 53.7 Å². The summed E-state index contributed by atoms with van der Waals surface area (Å²) < 4.78 is 17.3. The normalized spacial score (nSPS) is 28.3. The van der Waals surface area contributed by atoms with Crippen molar-refractivity contribution in [3.05, 3.63) is 47.6 Å². The number of carboxylic acid groups (broad SMARTS) is 1. The Hall–Kier alpha value is -3.29. The van der Waals surface area contributed by atoms with E-state index in [4.69, 9.17) is 14.2 Å². The minimum Gasteiger partial charge on any atom is -0.480 e. The van der Waals surface area contributed by atoms with Crippen LogP contribution in [-0.4, -0.2) is 106 Å². The van der Waals surface area contributed by atoms with Crippen molar-refractivity contribution < 1.29 is 53.5 Å². The quantitative estimate of drug-likeness (QED) is 0.0485. The molecule has 2 heterocycles. The van der Waals surface area contributed by atoms with E-state index in [0.29, 0.717) is 68.5 Å². The number of carbonyl (C=O) groups excluding carboxylic acids is 4. The molecule has 0 aromatic rings. The van der Waals surface area contributed by atoms with Gasteiger partial charge in [0.1, 0.15) is 17.6 Å². The molecule has 3 aliphatic rings. The minimum absolute atomic E-state index is 0.0108. The maximum Gasteiger partial charge on any atom is 0.326 e. The molecular formula is C50H79NO11. The van der Waals surface area contributed by atoms with Crippen molar-refractivity contribution in [2.45, 2.75) is 181 Å². The van der Waals surface area contributed by atoms with E-state index in [0.717, 1.165) is 36.2 Å². The van der Waals surface area contributed by atoms with Gasteiger partial charge in [0, 0.05) is 57.8 Å². The second-order valence-corrected chi connectivity index (χ2v) is 19.0. The van der Waals surface area contributed by atoms with Crippen LogP contribution < -0.4 is 0 Å². The predicted octanol–water partition coefficient (Wildman–Crippen LogP) is 8.13. The Morgan fingerprint density at radius 3 is 2.29 bits per heavy atom. The number of allylic oxidation sites excluding steroid dienone is 6. The molecule has 12 heteroatoms. The van der Waals surface area contributed by atoms with Crippen molar-refractivity contribution in [3.8, 4) is 0 Å². The standard InChI is InChI=1S/C50H79NO11/c1-32(26-35(4)44(53)31-45(54)37(6)28-36(5)43(52)24-21-33(2)27-39-18-15-19-40(29-39)60-8)16-11-10-12-17-34(3)46(61-9)30-41-23-22-38(7)50(59,62-41)47(55)48(56)51-25-14-13-20-42(51)49(57)58/h10-12,16-17,28,32-33,35-36,38-42,45-46,54,59H,13-15,18-27,29-31H2,1-9H3,(H,57,58)/b12-10+,16-11+,34-17+,37-28+/t32-,33+,35?,36-,38?,39+,40?,41+,42?,45?,46+,50?/m1/s1. The topological polar surface area (TPSA) is 177 Å². The Labute approximate surface area is 371 Å². The average Bonchev–Trinajstić information content (AvgIpc) is 3.24. The summed E-state index contributed by atoms with van der Waals surface area (Å²) in [7, 11) is 3.37. The van der Waals surface area contributed by atoms with Gasteiger partial charge in [-0.15, -0.1) is 0 Å². The molecule has 0 aromatic carbocycles. The largest absolute Gasteiger partial charge is 0.480 e. The summed E-state index contributed by atoms with van der Waals surface area (Å²) in [5, 5.41) is 31.9. The number of nitrogens with zero attached hydrogens (tertiary/aromatic N) is 1. The van der Waals surface area contributed by atoms with Crippen LogP contribution >= 0.6 is 0 Å². The molecule has 12 nitrogen and oxygen atoms in total. The van der Waals surface area contributed by atoms with E-state index in [-0.39, 0.29) is 48.7 Å². The van der Waals surface area contributed by atoms with Crippen LogP contribution in [0.3, 0.4) is 0 Å². The van der Waals surface area contributed by atoms with E-state index >= 15 is 0 Å². The lowest BCUT2D eigenvalue weighted by Gasteiger charge is -2.42. The van der Waals surface area contributed by atoms with E-state index in [2.05, 4.69) is 6.92 Å². The number of aliphatic hydroxyl groups is 2. The number of ether oxygens (including phenoxy) is 3. The smallest absolute Gasteiger partial charge is 0.326 e. The Morgan fingerprint density at radius 1 is 0.887 bits per heavy atom. The lowest BCUT2D eigenvalue weighted by Crippen LogP contribution is -2.60. The summed E-state index contributed by atoms with van der Waals surface area (Å²) in [5.74, 6) is -5.54. The fourth-order valence-electron chi connectivity index (χ4n) is 9.45. The molecule has 2 saturated heterocycles. The maximum absolute atomic E-state index is 13.4. The van der Waals surface area contributed by atoms with Gasteiger partial charge in [-0.3, -0.25) is 19.2 Å². The second kappa shape index (κ2) is 25.9. The maximum atomic E-state index is 13.4. The number of hydrogen-bond acceptors (Lipinski definition) is 10. The summed E-state index contributed by atoms with van der Waals surface area (Å²) >= 11 is 0. The molecular weight excluding hydrogens is 791 g/mol. The Kier molecular flexibility index (Phi) is 22.1. The van der Waals surface area contributed by atoms with Crippen LogP contribution in [0.5, 0.6) is 0 Å². The third-order valence-corrected chi connectivity index (χ3v) is 13.7. The zero-order chi connectivity index (χ0) is 46.1. The molecule has 3 rings (SSSR count). The Bertz CT molecular complexity index is 1620. The SMILES string of the molecule is COC1CCC[C@@H](C[C@@H](C)CCC(=O)[C@H](C)/C=C(\C)C(O)CC(=O)C(C)C[C@H](C)/C=C/C=C/C=C(\C)[C@H](C[C@@H]2CCC(C)C(O)(C(=O)C(=O)N3CCCCC3C(=O)O)O2)OC)C1. The zero-order valence-corrected chi connectivity index (χ0v) is 39.2. The Morgan fingerprint density at radius 2 is 1.61 bits per heavy atom. The molecule has 0 aromatic heterocycles. The van der Waals surface area contributed by atoms with Gasteiger partial charge in [-0.2, -0.15) is 0 Å². The first kappa shape index (κ1) is 53.1. The summed E-state index contributed by atoms with van der Waals surface area (Å²) in [6.07, 6.45) is 20.5. The molecule has 2 aliphatic heterocycles. The summed E-state index contributed by atoms with van der Waals surface area (Å²) in [6, 6.07) is -1.11. The van der Waals surface area contributed by atoms with E-state index in [1.54, 1.807) is 28.1 Å². The lowest BCUT2D eigenvalue weighted by atomic mass is 9.80. The molecule has 3 fully saturated rings. The number of carbonyl (C=O) groups is 5. The van der Waals surface area contributed by atoms with Gasteiger partial charge >= 0.3 is 5.97 Å². The summed E-state index contributed by atoms with van der Waals surface area (Å²) in [4.78, 5) is 65.5. The van der Waals surface area contributed by atoms with Crippen LogP contribution in [-0.2, 0) is 38.2 Å². The Balaban J connectivity index is 1.44. The van der Waals surface area contributed by atoms with Gasteiger partial charge in [0.25, 0.3) is 11.7 Å². The van der Waals surface area contributed by atoms with Crippen molar-refractivity contribution in [1.29, 1.82) is 0 Å². The monoisotopic (exact) mass is 870 g/mol. The molecule has 6 unspecified atom stereocenters. The fourth-order valence-corrected chi connectivity index (χ4v) is 9.45. The minimum atomic E-state index is -2.36. The third-order valence-electron chi connectivity index (χ3n) is 13.7. The molecule has 1 saturated carbocycles. The van der Waals surface area contributed by atoms with Gasteiger partial charge in [0.2, 0.25) is 5.79 Å². The molecule has 0 spiro atoms. The van der Waals surface area contributed by atoms with Crippen LogP contribution in [0.25, 0.3) is 0 Å². The molecule has 0 radical (unpaired) electrons.